The van der Waals surface area contributed by atoms with Crippen LogP contribution in [-0.4, -0.2) is 30.5 Å². The Kier molecular flexibility index (Phi) is 7.13. The number of carbonyl (C=O) groups is 2. The average Bonchev–Trinajstić information content (AvgIpc) is 2.21. The molecular formula is C11H19ClO4. The van der Waals surface area contributed by atoms with Crippen LogP contribution in [0.3, 0.4) is 0 Å². The van der Waals surface area contributed by atoms with Gasteiger partial charge in [-0.05, 0) is 11.8 Å². The number of hydrogen-bond donors (Lipinski definition) is 0. The van der Waals surface area contributed by atoms with Crippen molar-refractivity contribution < 1.29 is 19.1 Å². The van der Waals surface area contributed by atoms with E-state index in [1.54, 1.807) is 0 Å². The summed E-state index contributed by atoms with van der Waals surface area (Å²) in [4.78, 5) is 22.6. The van der Waals surface area contributed by atoms with Crippen LogP contribution in [0.15, 0.2) is 0 Å². The third-order valence-electron chi connectivity index (χ3n) is 1.53. The largest absolute Gasteiger partial charge is 0.464 e. The molecule has 0 bridgehead atoms. The Balaban J connectivity index is 3.97. The van der Waals surface area contributed by atoms with Gasteiger partial charge in [-0.1, -0.05) is 39.3 Å². The molecule has 0 aromatic rings. The van der Waals surface area contributed by atoms with Gasteiger partial charge in [0.15, 0.2) is 0 Å². The van der Waals surface area contributed by atoms with E-state index in [1.165, 1.54) is 0 Å². The van der Waals surface area contributed by atoms with Crippen LogP contribution < -0.4 is 0 Å². The van der Waals surface area contributed by atoms with Crippen LogP contribution in [0, 0.1) is 11.8 Å². The molecule has 0 amide bonds. The fraction of sp³-hybridized carbons (Fsp3) is 0.818. The van der Waals surface area contributed by atoms with Crippen molar-refractivity contribution in [1.29, 1.82) is 0 Å². The molecule has 0 N–H and O–H groups in total. The first kappa shape index (κ1) is 15.2. The summed E-state index contributed by atoms with van der Waals surface area (Å²) in [5.41, 5.74) is 0. The van der Waals surface area contributed by atoms with Crippen molar-refractivity contribution in [3.05, 3.63) is 0 Å². The molecule has 0 heterocycles. The molecule has 0 saturated carbocycles. The van der Waals surface area contributed by atoms with E-state index in [-0.39, 0.29) is 25.0 Å². The van der Waals surface area contributed by atoms with Crippen molar-refractivity contribution >= 4 is 23.5 Å². The minimum absolute atomic E-state index is 0.208. The molecule has 4 nitrogen and oxygen atoms in total. The number of rotatable bonds is 6. The molecule has 0 aliphatic carbocycles. The standard InChI is InChI=1S/C11H19ClO4/c1-7(2)5-15-10(13)9(12)11(14)16-6-8(3)4/h7-9H,5-6H2,1-4H3. The van der Waals surface area contributed by atoms with Crippen LogP contribution in [0.2, 0.25) is 0 Å². The molecule has 0 atom stereocenters. The molecule has 94 valence electrons. The molecule has 0 aliphatic rings. The molecule has 0 rings (SSSR count). The van der Waals surface area contributed by atoms with Crippen LogP contribution in [0.1, 0.15) is 27.7 Å². The molecule has 16 heavy (non-hydrogen) atoms. The van der Waals surface area contributed by atoms with Crippen molar-refractivity contribution in [1.82, 2.24) is 0 Å². The predicted molar refractivity (Wildman–Crippen MR) is 61.2 cm³/mol. The molecule has 0 aliphatic heterocycles. The van der Waals surface area contributed by atoms with Crippen LogP contribution in [0.25, 0.3) is 0 Å². The first-order chi connectivity index (χ1) is 7.34. The SMILES string of the molecule is CC(C)COC(=O)C(Cl)C(=O)OCC(C)C. The van der Waals surface area contributed by atoms with Crippen molar-refractivity contribution in [2.45, 2.75) is 33.1 Å². The van der Waals surface area contributed by atoms with Gasteiger partial charge in [0.2, 0.25) is 5.38 Å². The zero-order chi connectivity index (χ0) is 12.7. The molecule has 0 unspecified atom stereocenters. The van der Waals surface area contributed by atoms with E-state index in [2.05, 4.69) is 0 Å². The second kappa shape index (κ2) is 7.49. The van der Waals surface area contributed by atoms with Crippen molar-refractivity contribution in [2.24, 2.45) is 11.8 Å². The first-order valence-electron chi connectivity index (χ1n) is 5.32. The quantitative estimate of drug-likeness (QED) is 0.411. The van der Waals surface area contributed by atoms with Crippen LogP contribution in [0.5, 0.6) is 0 Å². The van der Waals surface area contributed by atoms with Gasteiger partial charge in [0.25, 0.3) is 0 Å². The van der Waals surface area contributed by atoms with Gasteiger partial charge in [0.05, 0.1) is 13.2 Å². The Morgan fingerprint density at radius 2 is 1.25 bits per heavy atom. The lowest BCUT2D eigenvalue weighted by molar-refractivity contribution is -0.155. The average molecular weight is 251 g/mol. The molecule has 0 spiro atoms. The Hall–Kier alpha value is -0.770. The summed E-state index contributed by atoms with van der Waals surface area (Å²) >= 11 is 5.60. The summed E-state index contributed by atoms with van der Waals surface area (Å²) in [7, 11) is 0. The van der Waals surface area contributed by atoms with Gasteiger partial charge in [-0.25, -0.2) is 9.59 Å². The normalized spacial score (nSPS) is 11.0. The van der Waals surface area contributed by atoms with Crippen LogP contribution in [-0.2, 0) is 19.1 Å². The van der Waals surface area contributed by atoms with E-state index in [1.807, 2.05) is 27.7 Å². The Labute approximate surface area is 101 Å². The van der Waals surface area contributed by atoms with E-state index in [0.29, 0.717) is 0 Å². The van der Waals surface area contributed by atoms with E-state index in [4.69, 9.17) is 21.1 Å². The van der Waals surface area contributed by atoms with Crippen LogP contribution >= 0.6 is 11.6 Å². The van der Waals surface area contributed by atoms with Gasteiger partial charge < -0.3 is 9.47 Å². The minimum atomic E-state index is -1.36. The smallest absolute Gasteiger partial charge is 0.335 e. The fourth-order valence-electron chi connectivity index (χ4n) is 0.740. The molecule has 0 saturated heterocycles. The molecule has 0 aromatic heterocycles. The van der Waals surface area contributed by atoms with Gasteiger partial charge in [-0.2, -0.15) is 0 Å². The van der Waals surface area contributed by atoms with Gasteiger partial charge in [-0.3, -0.25) is 0 Å². The maximum absolute atomic E-state index is 11.3. The lowest BCUT2D eigenvalue weighted by Gasteiger charge is -2.12. The molecule has 0 radical (unpaired) electrons. The van der Waals surface area contributed by atoms with Gasteiger partial charge in [-0.15, -0.1) is 0 Å². The summed E-state index contributed by atoms with van der Waals surface area (Å²) in [6, 6.07) is 0. The Morgan fingerprint density at radius 3 is 1.50 bits per heavy atom. The van der Waals surface area contributed by atoms with E-state index in [0.717, 1.165) is 0 Å². The summed E-state index contributed by atoms with van der Waals surface area (Å²) in [6.45, 7) is 8.08. The highest BCUT2D eigenvalue weighted by atomic mass is 35.5. The molecular weight excluding hydrogens is 232 g/mol. The second-order valence-electron chi connectivity index (χ2n) is 4.41. The van der Waals surface area contributed by atoms with Gasteiger partial charge in [0.1, 0.15) is 0 Å². The number of hydrogen-bond acceptors (Lipinski definition) is 4. The highest BCUT2D eigenvalue weighted by Gasteiger charge is 2.27. The Morgan fingerprint density at radius 1 is 0.938 bits per heavy atom. The van der Waals surface area contributed by atoms with Crippen molar-refractivity contribution in [3.63, 3.8) is 0 Å². The van der Waals surface area contributed by atoms with E-state index < -0.39 is 17.3 Å². The third-order valence-corrected chi connectivity index (χ3v) is 1.89. The predicted octanol–water partition coefficient (Wildman–Crippen LogP) is 1.99. The van der Waals surface area contributed by atoms with Crippen molar-refractivity contribution in [3.8, 4) is 0 Å². The maximum Gasteiger partial charge on any atom is 0.335 e. The molecule has 5 heteroatoms. The Bertz CT molecular complexity index is 214. The summed E-state index contributed by atoms with van der Waals surface area (Å²) < 4.78 is 9.64. The summed E-state index contributed by atoms with van der Waals surface area (Å²) in [5.74, 6) is -1.08. The maximum atomic E-state index is 11.3. The number of esters is 2. The topological polar surface area (TPSA) is 52.6 Å². The van der Waals surface area contributed by atoms with Gasteiger partial charge >= 0.3 is 11.9 Å². The highest BCUT2D eigenvalue weighted by Crippen LogP contribution is 2.05. The lowest BCUT2D eigenvalue weighted by atomic mass is 10.2. The summed E-state index contributed by atoms with van der Waals surface area (Å²) in [6.07, 6.45) is 0. The van der Waals surface area contributed by atoms with E-state index in [9.17, 15) is 9.59 Å². The zero-order valence-electron chi connectivity index (χ0n) is 10.2. The molecule has 0 aromatic carbocycles. The minimum Gasteiger partial charge on any atom is -0.464 e. The first-order valence-corrected chi connectivity index (χ1v) is 5.75. The van der Waals surface area contributed by atoms with Crippen LogP contribution in [0.4, 0.5) is 0 Å². The lowest BCUT2D eigenvalue weighted by Crippen LogP contribution is -2.30. The molecule has 0 fully saturated rings. The van der Waals surface area contributed by atoms with Crippen molar-refractivity contribution in [2.75, 3.05) is 13.2 Å². The zero-order valence-corrected chi connectivity index (χ0v) is 10.9. The number of carbonyl (C=O) groups excluding carboxylic acids is 2. The monoisotopic (exact) mass is 250 g/mol. The number of ether oxygens (including phenoxy) is 2. The third kappa shape index (κ3) is 6.67. The van der Waals surface area contributed by atoms with E-state index >= 15 is 0 Å². The highest BCUT2D eigenvalue weighted by molar-refractivity contribution is 6.39. The van der Waals surface area contributed by atoms with Gasteiger partial charge in [0, 0.05) is 0 Å². The second-order valence-corrected chi connectivity index (χ2v) is 4.85. The number of alkyl halides is 1. The summed E-state index contributed by atoms with van der Waals surface area (Å²) in [5, 5.41) is -1.36. The fourth-order valence-corrected chi connectivity index (χ4v) is 0.866. The number of halogens is 1.